The van der Waals surface area contributed by atoms with Crippen LogP contribution < -0.4 is 10.6 Å². The number of amides is 2. The lowest BCUT2D eigenvalue weighted by molar-refractivity contribution is -0.145. The van der Waals surface area contributed by atoms with E-state index < -0.39 is 30.4 Å². The monoisotopic (exact) mass is 273 g/mol. The molecule has 0 bridgehead atoms. The fourth-order valence-corrected chi connectivity index (χ4v) is 1.91. The maximum atomic E-state index is 11.6. The maximum absolute atomic E-state index is 11.6. The molecule has 1 aliphatic heterocycles. The summed E-state index contributed by atoms with van der Waals surface area (Å²) >= 11 is 0. The number of carboxylic acid groups (broad SMARTS) is 2. The number of hydrogen-bond donors (Lipinski definition) is 4. The lowest BCUT2D eigenvalue weighted by Gasteiger charge is -2.29. The average molecular weight is 273 g/mol. The van der Waals surface area contributed by atoms with Gasteiger partial charge in [-0.1, -0.05) is 0 Å². The van der Waals surface area contributed by atoms with Gasteiger partial charge in [-0.25, -0.2) is 9.59 Å². The topological polar surface area (TPSA) is 119 Å². The highest BCUT2D eigenvalue weighted by molar-refractivity contribution is 5.86. The Morgan fingerprint density at radius 2 is 1.84 bits per heavy atom. The van der Waals surface area contributed by atoms with Gasteiger partial charge in [0.05, 0.1) is 6.42 Å². The van der Waals surface area contributed by atoms with Gasteiger partial charge < -0.3 is 25.7 Å². The molecule has 0 aromatic carbocycles. The molecule has 8 heteroatoms. The quantitative estimate of drug-likeness (QED) is 0.526. The van der Waals surface area contributed by atoms with Crippen LogP contribution in [-0.2, 0) is 9.59 Å². The molecule has 0 unspecified atom stereocenters. The fraction of sp³-hybridized carbons (Fsp3) is 0.727. The van der Waals surface area contributed by atoms with Crippen molar-refractivity contribution in [3.8, 4) is 0 Å². The van der Waals surface area contributed by atoms with Gasteiger partial charge in [-0.2, -0.15) is 0 Å². The summed E-state index contributed by atoms with van der Waals surface area (Å²) in [7, 11) is 1.99. The van der Waals surface area contributed by atoms with Crippen molar-refractivity contribution in [2.75, 3.05) is 20.1 Å². The first-order chi connectivity index (χ1) is 8.88. The molecule has 0 aromatic rings. The van der Waals surface area contributed by atoms with Gasteiger partial charge in [0.25, 0.3) is 0 Å². The van der Waals surface area contributed by atoms with Crippen LogP contribution in [0.25, 0.3) is 0 Å². The molecule has 1 saturated heterocycles. The smallest absolute Gasteiger partial charge is 0.326 e. The lowest BCUT2D eigenvalue weighted by Crippen LogP contribution is -2.51. The van der Waals surface area contributed by atoms with Gasteiger partial charge in [-0.3, -0.25) is 4.79 Å². The number of nitrogens with one attached hydrogen (secondary N) is 2. The summed E-state index contributed by atoms with van der Waals surface area (Å²) in [6.07, 6.45) is 0.942. The van der Waals surface area contributed by atoms with Crippen molar-refractivity contribution in [2.45, 2.75) is 31.3 Å². The number of carbonyl (C=O) groups is 3. The maximum Gasteiger partial charge on any atom is 0.326 e. The highest BCUT2D eigenvalue weighted by Gasteiger charge is 2.25. The van der Waals surface area contributed by atoms with Crippen molar-refractivity contribution >= 4 is 18.0 Å². The molecule has 108 valence electrons. The summed E-state index contributed by atoms with van der Waals surface area (Å²) < 4.78 is 0. The molecule has 1 fully saturated rings. The van der Waals surface area contributed by atoms with Crippen LogP contribution in [0, 0.1) is 0 Å². The molecule has 8 nitrogen and oxygen atoms in total. The van der Waals surface area contributed by atoms with E-state index in [1.165, 1.54) is 0 Å². The Bertz CT molecular complexity index is 352. The Hall–Kier alpha value is -1.83. The van der Waals surface area contributed by atoms with Gasteiger partial charge in [0.2, 0.25) is 0 Å². The zero-order valence-electron chi connectivity index (χ0n) is 10.8. The van der Waals surface area contributed by atoms with Gasteiger partial charge in [0.15, 0.2) is 0 Å². The minimum atomic E-state index is -1.41. The van der Waals surface area contributed by atoms with Gasteiger partial charge in [-0.05, 0) is 33.0 Å². The highest BCUT2D eigenvalue weighted by Crippen LogP contribution is 2.07. The lowest BCUT2D eigenvalue weighted by atomic mass is 10.1. The van der Waals surface area contributed by atoms with Gasteiger partial charge in [0, 0.05) is 6.04 Å². The molecule has 0 spiro atoms. The number of nitrogens with zero attached hydrogens (tertiary/aromatic N) is 1. The number of carboxylic acids is 2. The van der Waals surface area contributed by atoms with Gasteiger partial charge in [-0.15, -0.1) is 0 Å². The Morgan fingerprint density at radius 3 is 2.32 bits per heavy atom. The molecule has 0 aromatic heterocycles. The predicted molar refractivity (Wildman–Crippen MR) is 65.9 cm³/mol. The van der Waals surface area contributed by atoms with Gasteiger partial charge >= 0.3 is 18.0 Å². The minimum absolute atomic E-state index is 0.00419. The van der Waals surface area contributed by atoms with E-state index in [1.54, 1.807) is 0 Å². The zero-order valence-corrected chi connectivity index (χ0v) is 10.8. The van der Waals surface area contributed by atoms with E-state index in [4.69, 9.17) is 10.2 Å². The first kappa shape index (κ1) is 15.2. The summed E-state index contributed by atoms with van der Waals surface area (Å²) in [5.41, 5.74) is 0. The van der Waals surface area contributed by atoms with E-state index in [9.17, 15) is 14.4 Å². The fourth-order valence-electron chi connectivity index (χ4n) is 1.91. The van der Waals surface area contributed by atoms with E-state index in [0.717, 1.165) is 25.9 Å². The molecule has 19 heavy (non-hydrogen) atoms. The standard InChI is InChI=1S/C11H19N3O5/c1-14-4-2-7(3-5-14)12-11(19)13-8(10(17)18)6-9(15)16/h7-8H,2-6H2,1H3,(H,15,16)(H,17,18)(H2,12,13,19)/t8-/m1/s1. The van der Waals surface area contributed by atoms with Crippen molar-refractivity contribution < 1.29 is 24.6 Å². The molecular formula is C11H19N3O5. The number of carbonyl (C=O) groups excluding carboxylic acids is 1. The Balaban J connectivity index is 2.40. The van der Waals surface area contributed by atoms with Crippen LogP contribution in [0.2, 0.25) is 0 Å². The second kappa shape index (κ2) is 6.93. The van der Waals surface area contributed by atoms with Crippen LogP contribution >= 0.6 is 0 Å². The van der Waals surface area contributed by atoms with E-state index in [1.807, 2.05) is 7.05 Å². The van der Waals surface area contributed by atoms with Crippen molar-refractivity contribution in [1.29, 1.82) is 0 Å². The summed E-state index contributed by atoms with van der Waals surface area (Å²) in [5.74, 6) is -2.63. The first-order valence-electron chi connectivity index (χ1n) is 6.08. The zero-order chi connectivity index (χ0) is 14.4. The number of piperidine rings is 1. The van der Waals surface area contributed by atoms with E-state index in [-0.39, 0.29) is 6.04 Å². The normalized spacial score (nSPS) is 18.6. The summed E-state index contributed by atoms with van der Waals surface area (Å²) in [4.78, 5) is 35.0. The van der Waals surface area contributed by atoms with Crippen LogP contribution in [0.5, 0.6) is 0 Å². The molecule has 4 N–H and O–H groups in total. The number of likely N-dealkylation sites (tertiary alicyclic amines) is 1. The van der Waals surface area contributed by atoms with E-state index >= 15 is 0 Å². The van der Waals surface area contributed by atoms with Crippen molar-refractivity contribution in [2.24, 2.45) is 0 Å². The van der Waals surface area contributed by atoms with Crippen LogP contribution in [0.1, 0.15) is 19.3 Å². The van der Waals surface area contributed by atoms with Crippen LogP contribution in [0.15, 0.2) is 0 Å². The van der Waals surface area contributed by atoms with Crippen molar-refractivity contribution in [1.82, 2.24) is 15.5 Å². The SMILES string of the molecule is CN1CCC(NC(=O)N[C@H](CC(=O)O)C(=O)O)CC1. The van der Waals surface area contributed by atoms with E-state index in [0.29, 0.717) is 0 Å². The Kier molecular flexibility index (Phi) is 5.56. The number of aliphatic carboxylic acids is 2. The molecule has 1 rings (SSSR count). The predicted octanol–water partition coefficient (Wildman–Crippen LogP) is -0.692. The molecule has 1 aliphatic rings. The second-order valence-electron chi connectivity index (χ2n) is 4.68. The third kappa shape index (κ3) is 5.56. The van der Waals surface area contributed by atoms with Crippen LogP contribution in [-0.4, -0.2) is 65.3 Å². The Labute approximate surface area is 110 Å². The molecule has 0 saturated carbocycles. The van der Waals surface area contributed by atoms with E-state index in [2.05, 4.69) is 15.5 Å². The van der Waals surface area contributed by atoms with Crippen LogP contribution in [0.3, 0.4) is 0 Å². The number of hydrogen-bond acceptors (Lipinski definition) is 4. The third-order valence-corrected chi connectivity index (χ3v) is 3.04. The molecule has 2 amide bonds. The Morgan fingerprint density at radius 1 is 1.26 bits per heavy atom. The largest absolute Gasteiger partial charge is 0.481 e. The molecule has 1 heterocycles. The molecule has 1 atom stereocenters. The average Bonchev–Trinajstić information content (AvgIpc) is 2.30. The number of urea groups is 1. The molecule has 0 aliphatic carbocycles. The molecular weight excluding hydrogens is 254 g/mol. The first-order valence-corrected chi connectivity index (χ1v) is 6.08. The summed E-state index contributed by atoms with van der Waals surface area (Å²) in [6.45, 7) is 1.73. The van der Waals surface area contributed by atoms with Crippen molar-refractivity contribution in [3.05, 3.63) is 0 Å². The highest BCUT2D eigenvalue weighted by atomic mass is 16.4. The van der Waals surface area contributed by atoms with Crippen LogP contribution in [0.4, 0.5) is 4.79 Å². The number of rotatable bonds is 5. The summed E-state index contributed by atoms with van der Waals surface area (Å²) in [6, 6.07) is -2.05. The third-order valence-electron chi connectivity index (χ3n) is 3.04. The van der Waals surface area contributed by atoms with Gasteiger partial charge in [0.1, 0.15) is 6.04 Å². The minimum Gasteiger partial charge on any atom is -0.481 e. The summed E-state index contributed by atoms with van der Waals surface area (Å²) in [5, 5.41) is 22.2. The second-order valence-corrected chi connectivity index (χ2v) is 4.68. The molecule has 0 radical (unpaired) electrons. The van der Waals surface area contributed by atoms with Crippen molar-refractivity contribution in [3.63, 3.8) is 0 Å².